The van der Waals surface area contributed by atoms with Gasteiger partial charge in [-0.3, -0.25) is 0 Å². The molecule has 1 atom stereocenters. The largest absolute Gasteiger partial charge is 0.490 e. The van der Waals surface area contributed by atoms with Crippen molar-refractivity contribution < 1.29 is 29.3 Å². The minimum atomic E-state index is -1.26. The molecule has 1 saturated heterocycles. The lowest BCUT2D eigenvalue weighted by atomic mass is 10.1. The highest BCUT2D eigenvalue weighted by Gasteiger charge is 2.22. The standard InChI is InChI=1S/C15H22N2O2.C4H4O4/c1-2-17-8-6-13-14(17)4-3-5-15(13)19-11-12-10-16-7-9-18-12;5-3(6)1-2-4(7)8/h3-5,12,16H,2,6-11H2,1H3;1-2H,(H,5,6)(H,7,8). The molecule has 1 unspecified atom stereocenters. The van der Waals surface area contributed by atoms with Crippen molar-refractivity contribution in [3.63, 3.8) is 0 Å². The van der Waals surface area contributed by atoms with Crippen molar-refractivity contribution in [2.45, 2.75) is 19.4 Å². The quantitative estimate of drug-likeness (QED) is 0.633. The summed E-state index contributed by atoms with van der Waals surface area (Å²) in [4.78, 5) is 21.5. The zero-order valence-electron chi connectivity index (χ0n) is 15.4. The molecule has 0 aliphatic carbocycles. The molecule has 0 amide bonds. The predicted molar refractivity (Wildman–Crippen MR) is 101 cm³/mol. The van der Waals surface area contributed by atoms with Crippen LogP contribution in [0.5, 0.6) is 5.75 Å². The third-order valence-corrected chi connectivity index (χ3v) is 4.26. The van der Waals surface area contributed by atoms with Crippen molar-refractivity contribution >= 4 is 17.6 Å². The normalized spacial score (nSPS) is 18.6. The lowest BCUT2D eigenvalue weighted by Gasteiger charge is -2.24. The highest BCUT2D eigenvalue weighted by atomic mass is 16.5. The number of morpholine rings is 1. The molecule has 148 valence electrons. The Bertz CT molecular complexity index is 654. The van der Waals surface area contributed by atoms with Crippen LogP contribution in [0.1, 0.15) is 12.5 Å². The number of carbonyl (C=O) groups is 2. The van der Waals surface area contributed by atoms with Crippen LogP contribution in [0.2, 0.25) is 0 Å². The number of anilines is 1. The molecule has 8 heteroatoms. The highest BCUT2D eigenvalue weighted by molar-refractivity contribution is 5.89. The molecule has 3 N–H and O–H groups in total. The third kappa shape index (κ3) is 6.58. The topological polar surface area (TPSA) is 108 Å². The summed E-state index contributed by atoms with van der Waals surface area (Å²) in [7, 11) is 0. The van der Waals surface area contributed by atoms with Crippen molar-refractivity contribution in [3.8, 4) is 5.75 Å². The zero-order valence-corrected chi connectivity index (χ0v) is 15.4. The van der Waals surface area contributed by atoms with Crippen LogP contribution in [0.25, 0.3) is 0 Å². The van der Waals surface area contributed by atoms with E-state index in [2.05, 4.69) is 35.3 Å². The first-order chi connectivity index (χ1) is 13.0. The van der Waals surface area contributed by atoms with Gasteiger partial charge in [-0.1, -0.05) is 6.07 Å². The van der Waals surface area contributed by atoms with Gasteiger partial charge < -0.3 is 29.9 Å². The Hall–Kier alpha value is -2.58. The van der Waals surface area contributed by atoms with E-state index < -0.39 is 11.9 Å². The number of nitrogens with one attached hydrogen (secondary N) is 1. The number of hydrogen-bond acceptors (Lipinski definition) is 6. The minimum absolute atomic E-state index is 0.174. The Morgan fingerprint density at radius 2 is 2.07 bits per heavy atom. The Labute approximate surface area is 158 Å². The van der Waals surface area contributed by atoms with Crippen molar-refractivity contribution in [2.75, 3.05) is 44.3 Å². The highest BCUT2D eigenvalue weighted by Crippen LogP contribution is 2.34. The maximum atomic E-state index is 9.55. The third-order valence-electron chi connectivity index (χ3n) is 4.26. The zero-order chi connectivity index (χ0) is 19.6. The first kappa shape index (κ1) is 20.7. The van der Waals surface area contributed by atoms with Crippen LogP contribution in [-0.4, -0.2) is 67.6 Å². The summed E-state index contributed by atoms with van der Waals surface area (Å²) >= 11 is 0. The van der Waals surface area contributed by atoms with Crippen molar-refractivity contribution in [3.05, 3.63) is 35.9 Å². The Balaban J connectivity index is 0.000000279. The van der Waals surface area contributed by atoms with E-state index in [1.54, 1.807) is 0 Å². The molecule has 1 aromatic carbocycles. The van der Waals surface area contributed by atoms with E-state index >= 15 is 0 Å². The fourth-order valence-electron chi connectivity index (χ4n) is 2.98. The van der Waals surface area contributed by atoms with E-state index in [4.69, 9.17) is 19.7 Å². The fourth-order valence-corrected chi connectivity index (χ4v) is 2.98. The van der Waals surface area contributed by atoms with Crippen LogP contribution >= 0.6 is 0 Å². The number of hydrogen-bond donors (Lipinski definition) is 3. The molecule has 0 spiro atoms. The van der Waals surface area contributed by atoms with Crippen LogP contribution in [-0.2, 0) is 20.7 Å². The van der Waals surface area contributed by atoms with Crippen LogP contribution in [0.15, 0.2) is 30.4 Å². The molecule has 2 aliphatic heterocycles. The predicted octanol–water partition coefficient (Wildman–Crippen LogP) is 1.15. The summed E-state index contributed by atoms with van der Waals surface area (Å²) in [6.07, 6.45) is 2.38. The number of carboxylic acids is 2. The number of benzene rings is 1. The second-order valence-electron chi connectivity index (χ2n) is 6.10. The maximum absolute atomic E-state index is 9.55. The molecule has 27 heavy (non-hydrogen) atoms. The van der Waals surface area contributed by atoms with Crippen molar-refractivity contribution in [1.29, 1.82) is 0 Å². The number of rotatable bonds is 6. The molecule has 0 saturated carbocycles. The summed E-state index contributed by atoms with van der Waals surface area (Å²) in [5.41, 5.74) is 2.69. The molecule has 1 fully saturated rings. The number of ether oxygens (including phenoxy) is 2. The average Bonchev–Trinajstić information content (AvgIpc) is 3.10. The summed E-state index contributed by atoms with van der Waals surface area (Å²) in [5.74, 6) is -1.48. The Morgan fingerprint density at radius 1 is 1.33 bits per heavy atom. The maximum Gasteiger partial charge on any atom is 0.328 e. The average molecular weight is 378 g/mol. The SMILES string of the molecule is CCN1CCc2c(OCC3CNCCO3)cccc21.O=C(O)C=CC(=O)O. The molecule has 2 heterocycles. The molecular formula is C19H26N2O6. The summed E-state index contributed by atoms with van der Waals surface area (Å²) in [5, 5.41) is 19.0. The van der Waals surface area contributed by atoms with Gasteiger partial charge in [-0.2, -0.15) is 0 Å². The number of fused-ring (bicyclic) bond motifs is 1. The van der Waals surface area contributed by atoms with Gasteiger partial charge in [0.2, 0.25) is 0 Å². The van der Waals surface area contributed by atoms with Gasteiger partial charge >= 0.3 is 11.9 Å². The number of likely N-dealkylation sites (N-methyl/N-ethyl adjacent to an activating group) is 1. The van der Waals surface area contributed by atoms with Crippen molar-refractivity contribution in [2.24, 2.45) is 0 Å². The first-order valence-electron chi connectivity index (χ1n) is 8.97. The van der Waals surface area contributed by atoms with E-state index in [0.29, 0.717) is 18.8 Å². The van der Waals surface area contributed by atoms with E-state index in [1.807, 2.05) is 0 Å². The number of nitrogens with zero attached hydrogens (tertiary/aromatic N) is 1. The summed E-state index contributed by atoms with van der Waals surface area (Å²) < 4.78 is 11.7. The minimum Gasteiger partial charge on any atom is -0.490 e. The monoisotopic (exact) mass is 378 g/mol. The van der Waals surface area contributed by atoms with Crippen LogP contribution in [0.3, 0.4) is 0 Å². The van der Waals surface area contributed by atoms with E-state index in [1.165, 1.54) is 11.3 Å². The lowest BCUT2D eigenvalue weighted by molar-refractivity contribution is -0.134. The number of carboxylic acid groups (broad SMARTS) is 2. The second kappa shape index (κ2) is 10.5. The smallest absolute Gasteiger partial charge is 0.328 e. The van der Waals surface area contributed by atoms with Gasteiger partial charge in [0.1, 0.15) is 18.5 Å². The Morgan fingerprint density at radius 3 is 2.67 bits per heavy atom. The van der Waals surface area contributed by atoms with Gasteiger partial charge in [0.25, 0.3) is 0 Å². The van der Waals surface area contributed by atoms with Crippen LogP contribution in [0, 0.1) is 0 Å². The van der Waals surface area contributed by atoms with E-state index in [0.717, 1.165) is 45.0 Å². The van der Waals surface area contributed by atoms with Gasteiger partial charge in [-0.05, 0) is 25.5 Å². The Kier molecular flexibility index (Phi) is 8.09. The van der Waals surface area contributed by atoms with Crippen LogP contribution in [0.4, 0.5) is 5.69 Å². The van der Waals surface area contributed by atoms with Gasteiger partial charge in [0.15, 0.2) is 0 Å². The van der Waals surface area contributed by atoms with Crippen LogP contribution < -0.4 is 15.0 Å². The van der Waals surface area contributed by atoms with Crippen molar-refractivity contribution in [1.82, 2.24) is 5.32 Å². The van der Waals surface area contributed by atoms with E-state index in [9.17, 15) is 9.59 Å². The molecule has 0 radical (unpaired) electrons. The summed E-state index contributed by atoms with van der Waals surface area (Å²) in [6, 6.07) is 6.35. The van der Waals surface area contributed by atoms with Gasteiger partial charge in [-0.25, -0.2) is 9.59 Å². The molecule has 0 aromatic heterocycles. The number of aliphatic carboxylic acids is 2. The van der Waals surface area contributed by atoms with Gasteiger partial charge in [0.05, 0.1) is 6.61 Å². The summed E-state index contributed by atoms with van der Waals surface area (Å²) in [6.45, 7) is 7.61. The molecule has 8 nitrogen and oxygen atoms in total. The molecule has 2 aliphatic rings. The molecule has 0 bridgehead atoms. The first-order valence-corrected chi connectivity index (χ1v) is 8.97. The molecule has 1 aromatic rings. The van der Waals surface area contributed by atoms with Gasteiger partial charge in [0, 0.05) is 49.6 Å². The fraction of sp³-hybridized carbons (Fsp3) is 0.474. The molecular weight excluding hydrogens is 352 g/mol. The second-order valence-corrected chi connectivity index (χ2v) is 6.10. The molecule has 3 rings (SSSR count). The van der Waals surface area contributed by atoms with E-state index in [-0.39, 0.29) is 6.10 Å². The van der Waals surface area contributed by atoms with Gasteiger partial charge in [-0.15, -0.1) is 0 Å². The lowest BCUT2D eigenvalue weighted by Crippen LogP contribution is -2.41.